The summed E-state index contributed by atoms with van der Waals surface area (Å²) < 4.78 is 5.76. The number of nitrogen functional groups attached to an aromatic ring is 1. The molecule has 1 heterocycles. The van der Waals surface area contributed by atoms with Gasteiger partial charge in [0.15, 0.2) is 11.6 Å². The molecule has 0 aliphatic carbocycles. The number of pyridine rings is 1. The number of phenols is 1. The Morgan fingerprint density at radius 1 is 1.00 bits per heavy atom. The Labute approximate surface area is 149 Å². The van der Waals surface area contributed by atoms with Crippen LogP contribution in [0.4, 0.5) is 5.82 Å². The van der Waals surface area contributed by atoms with E-state index >= 15 is 0 Å². The van der Waals surface area contributed by atoms with Crippen LogP contribution >= 0.6 is 23.2 Å². The second-order valence-electron chi connectivity index (χ2n) is 5.15. The number of aromatic hydroxyl groups is 1. The number of ether oxygens (including phenoxy) is 1. The molecule has 3 N–H and O–H groups in total. The smallest absolute Gasteiger partial charge is 0.166 e. The highest BCUT2D eigenvalue weighted by molar-refractivity contribution is 6.35. The van der Waals surface area contributed by atoms with E-state index in [9.17, 15) is 5.11 Å². The highest BCUT2D eigenvalue weighted by Crippen LogP contribution is 2.31. The standard InChI is InChI=1S/C18H14Cl2N2O2/c19-15-5-2-6-16(20)14(15)10-24-17-8-12(9-22-18(17)21)11-3-1-4-13(23)7-11/h1-9,23H,10H2,(H2,21,22). The predicted octanol–water partition coefficient (Wildman–Crippen LogP) is 4.92. The first-order chi connectivity index (χ1) is 11.5. The SMILES string of the molecule is Nc1ncc(-c2cccc(O)c2)cc1OCc1c(Cl)cccc1Cl. The fourth-order valence-electron chi connectivity index (χ4n) is 2.23. The van der Waals surface area contributed by atoms with Gasteiger partial charge in [-0.25, -0.2) is 4.98 Å². The van der Waals surface area contributed by atoms with E-state index in [-0.39, 0.29) is 18.2 Å². The number of nitrogens with zero attached hydrogens (tertiary/aromatic N) is 1. The van der Waals surface area contributed by atoms with Crippen LogP contribution in [-0.2, 0) is 6.61 Å². The fraction of sp³-hybridized carbons (Fsp3) is 0.0556. The monoisotopic (exact) mass is 360 g/mol. The van der Waals surface area contributed by atoms with Gasteiger partial charge in [-0.15, -0.1) is 0 Å². The molecule has 0 fully saturated rings. The third kappa shape index (κ3) is 3.55. The molecule has 4 nitrogen and oxygen atoms in total. The predicted molar refractivity (Wildman–Crippen MR) is 96.5 cm³/mol. The van der Waals surface area contributed by atoms with Gasteiger partial charge in [-0.1, -0.05) is 41.4 Å². The summed E-state index contributed by atoms with van der Waals surface area (Å²) in [5.41, 5.74) is 8.16. The minimum Gasteiger partial charge on any atom is -0.508 e. The van der Waals surface area contributed by atoms with Gasteiger partial charge in [0, 0.05) is 27.4 Å². The Hall–Kier alpha value is -2.43. The first-order valence-electron chi connectivity index (χ1n) is 7.15. The van der Waals surface area contributed by atoms with Crippen molar-refractivity contribution in [3.05, 3.63) is 70.3 Å². The topological polar surface area (TPSA) is 68.4 Å². The van der Waals surface area contributed by atoms with Gasteiger partial charge in [0.1, 0.15) is 12.4 Å². The largest absolute Gasteiger partial charge is 0.508 e. The van der Waals surface area contributed by atoms with Crippen LogP contribution in [0.3, 0.4) is 0 Å². The van der Waals surface area contributed by atoms with E-state index in [0.29, 0.717) is 21.4 Å². The van der Waals surface area contributed by atoms with Crippen LogP contribution in [0.2, 0.25) is 10.0 Å². The maximum atomic E-state index is 9.61. The zero-order valence-electron chi connectivity index (χ0n) is 12.5. The van der Waals surface area contributed by atoms with Crippen molar-refractivity contribution in [1.82, 2.24) is 4.98 Å². The van der Waals surface area contributed by atoms with E-state index in [0.717, 1.165) is 11.1 Å². The van der Waals surface area contributed by atoms with Crippen LogP contribution in [-0.4, -0.2) is 10.1 Å². The number of aromatic nitrogens is 1. The number of hydrogen-bond donors (Lipinski definition) is 2. The summed E-state index contributed by atoms with van der Waals surface area (Å²) in [5, 5.41) is 10.7. The molecule has 0 unspecified atom stereocenters. The molecule has 0 aliphatic rings. The Balaban J connectivity index is 1.87. The average molecular weight is 361 g/mol. The first kappa shape index (κ1) is 16.4. The summed E-state index contributed by atoms with van der Waals surface area (Å²) in [6, 6.07) is 13.9. The molecule has 1 aromatic heterocycles. The van der Waals surface area contributed by atoms with E-state index in [2.05, 4.69) is 4.98 Å². The van der Waals surface area contributed by atoms with Crippen molar-refractivity contribution < 1.29 is 9.84 Å². The molecule has 0 bridgehead atoms. The summed E-state index contributed by atoms with van der Waals surface area (Å²) >= 11 is 12.3. The average Bonchev–Trinajstić information content (AvgIpc) is 2.56. The van der Waals surface area contributed by atoms with Crippen LogP contribution in [0.25, 0.3) is 11.1 Å². The molecular formula is C18H14Cl2N2O2. The molecule has 24 heavy (non-hydrogen) atoms. The molecule has 122 valence electrons. The van der Waals surface area contributed by atoms with Crippen molar-refractivity contribution in [3.8, 4) is 22.6 Å². The van der Waals surface area contributed by atoms with E-state index in [4.69, 9.17) is 33.7 Å². The molecule has 0 saturated carbocycles. The third-order valence-corrected chi connectivity index (χ3v) is 4.20. The normalized spacial score (nSPS) is 10.6. The van der Waals surface area contributed by atoms with Gasteiger partial charge in [-0.3, -0.25) is 0 Å². The van der Waals surface area contributed by atoms with Gasteiger partial charge in [-0.2, -0.15) is 0 Å². The number of halogens is 2. The lowest BCUT2D eigenvalue weighted by Gasteiger charge is -2.12. The minimum atomic E-state index is 0.174. The number of nitrogens with two attached hydrogens (primary N) is 1. The van der Waals surface area contributed by atoms with Gasteiger partial charge in [0.25, 0.3) is 0 Å². The van der Waals surface area contributed by atoms with Crippen LogP contribution in [0, 0.1) is 0 Å². The number of hydrogen-bond acceptors (Lipinski definition) is 4. The number of rotatable bonds is 4. The van der Waals surface area contributed by atoms with Gasteiger partial charge in [0.05, 0.1) is 0 Å². The Morgan fingerprint density at radius 2 is 1.71 bits per heavy atom. The van der Waals surface area contributed by atoms with Gasteiger partial charge >= 0.3 is 0 Å². The number of phenolic OH excluding ortho intramolecular Hbond substituents is 1. The Kier molecular flexibility index (Phi) is 4.79. The van der Waals surface area contributed by atoms with Crippen LogP contribution in [0.15, 0.2) is 54.7 Å². The summed E-state index contributed by atoms with van der Waals surface area (Å²) in [5.74, 6) is 0.864. The zero-order chi connectivity index (χ0) is 17.1. The van der Waals surface area contributed by atoms with Crippen molar-refractivity contribution in [1.29, 1.82) is 0 Å². The van der Waals surface area contributed by atoms with Crippen LogP contribution in [0.5, 0.6) is 11.5 Å². The Bertz CT molecular complexity index is 864. The lowest BCUT2D eigenvalue weighted by atomic mass is 10.1. The minimum absolute atomic E-state index is 0.174. The van der Waals surface area contributed by atoms with Crippen LogP contribution < -0.4 is 10.5 Å². The van der Waals surface area contributed by atoms with Crippen molar-refractivity contribution in [2.45, 2.75) is 6.61 Å². The van der Waals surface area contributed by atoms with Crippen molar-refractivity contribution in [2.75, 3.05) is 5.73 Å². The lowest BCUT2D eigenvalue weighted by molar-refractivity contribution is 0.307. The van der Waals surface area contributed by atoms with E-state index < -0.39 is 0 Å². The van der Waals surface area contributed by atoms with E-state index in [1.165, 1.54) is 0 Å². The van der Waals surface area contributed by atoms with E-state index in [1.807, 2.05) is 6.07 Å². The summed E-state index contributed by atoms with van der Waals surface area (Å²) in [4.78, 5) is 4.15. The molecule has 0 saturated heterocycles. The van der Waals surface area contributed by atoms with Crippen molar-refractivity contribution >= 4 is 29.0 Å². The highest BCUT2D eigenvalue weighted by atomic mass is 35.5. The maximum Gasteiger partial charge on any atom is 0.166 e. The molecule has 0 aliphatic heterocycles. The zero-order valence-corrected chi connectivity index (χ0v) is 14.1. The molecular weight excluding hydrogens is 347 g/mol. The third-order valence-electron chi connectivity index (χ3n) is 3.49. The fourth-order valence-corrected chi connectivity index (χ4v) is 2.74. The Morgan fingerprint density at radius 3 is 2.42 bits per heavy atom. The second kappa shape index (κ2) is 6.99. The first-order valence-corrected chi connectivity index (χ1v) is 7.91. The molecule has 0 amide bonds. The summed E-state index contributed by atoms with van der Waals surface area (Å²) in [7, 11) is 0. The lowest BCUT2D eigenvalue weighted by Crippen LogP contribution is -2.02. The van der Waals surface area contributed by atoms with Crippen LogP contribution in [0.1, 0.15) is 5.56 Å². The summed E-state index contributed by atoms with van der Waals surface area (Å²) in [6.45, 7) is 0.174. The molecule has 0 atom stereocenters. The maximum absolute atomic E-state index is 9.61. The number of anilines is 1. The molecule has 0 radical (unpaired) electrons. The van der Waals surface area contributed by atoms with E-state index in [1.54, 1.807) is 48.7 Å². The summed E-state index contributed by atoms with van der Waals surface area (Å²) in [6.07, 6.45) is 1.62. The van der Waals surface area contributed by atoms with Crippen molar-refractivity contribution in [2.24, 2.45) is 0 Å². The molecule has 0 spiro atoms. The van der Waals surface area contributed by atoms with Crippen molar-refractivity contribution in [3.63, 3.8) is 0 Å². The molecule has 2 aromatic carbocycles. The molecule has 3 rings (SSSR count). The molecule has 6 heteroatoms. The second-order valence-corrected chi connectivity index (χ2v) is 5.96. The molecule has 3 aromatic rings. The van der Waals surface area contributed by atoms with Gasteiger partial charge < -0.3 is 15.6 Å². The van der Waals surface area contributed by atoms with Gasteiger partial charge in [0.2, 0.25) is 0 Å². The number of benzene rings is 2. The highest BCUT2D eigenvalue weighted by Gasteiger charge is 2.10. The quantitative estimate of drug-likeness (QED) is 0.692. The van der Waals surface area contributed by atoms with Gasteiger partial charge in [-0.05, 0) is 35.9 Å².